The van der Waals surface area contributed by atoms with Crippen LogP contribution in [0.5, 0.6) is 11.5 Å². The Balaban J connectivity index is 1.22. The first-order valence-corrected chi connectivity index (χ1v) is 19.9. The predicted molar refractivity (Wildman–Crippen MR) is 199 cm³/mol. The third-order valence-corrected chi connectivity index (χ3v) is 15.6. The molecule has 0 spiro atoms. The van der Waals surface area contributed by atoms with Gasteiger partial charge in [-0.25, -0.2) is 18.0 Å². The van der Waals surface area contributed by atoms with Crippen molar-refractivity contribution in [1.82, 2.24) is 14.8 Å². The zero-order chi connectivity index (χ0) is 37.5. The summed E-state index contributed by atoms with van der Waals surface area (Å²) in [6.07, 6.45) is 1.47. The van der Waals surface area contributed by atoms with Crippen molar-refractivity contribution in [3.63, 3.8) is 0 Å². The molecule has 0 saturated carbocycles. The quantitative estimate of drug-likeness (QED) is 0.174. The number of carboxylic acid groups (broad SMARTS) is 1. The highest BCUT2D eigenvalue weighted by atomic mass is 28.4. The van der Waals surface area contributed by atoms with Gasteiger partial charge in [0.15, 0.2) is 11.5 Å². The van der Waals surface area contributed by atoms with Crippen LogP contribution in [-0.2, 0) is 10.8 Å². The van der Waals surface area contributed by atoms with Crippen LogP contribution in [0.1, 0.15) is 57.0 Å². The van der Waals surface area contributed by atoms with Crippen LogP contribution in [0.15, 0.2) is 85.1 Å². The second-order valence-electron chi connectivity index (χ2n) is 15.3. The Bertz CT molecular complexity index is 1910. The van der Waals surface area contributed by atoms with Gasteiger partial charge in [0.1, 0.15) is 5.82 Å². The number of aromatic nitrogens is 1. The van der Waals surface area contributed by atoms with E-state index in [1.165, 1.54) is 17.2 Å². The number of nitrogens with one attached hydrogen (secondary N) is 1. The van der Waals surface area contributed by atoms with Gasteiger partial charge in [-0.3, -0.25) is 9.88 Å². The van der Waals surface area contributed by atoms with Crippen molar-refractivity contribution in [3.8, 4) is 11.5 Å². The number of alkyl halides is 2. The third-order valence-electron chi connectivity index (χ3n) is 10.6. The van der Waals surface area contributed by atoms with Gasteiger partial charge in [0, 0.05) is 31.2 Å². The maximum Gasteiger partial charge on any atom is 0.407 e. The number of likely N-dealkylation sites (tertiary alicyclic amines) is 1. The first-order valence-electron chi connectivity index (χ1n) is 18.0. The molecule has 0 radical (unpaired) electrons. The number of rotatable bonds is 10. The van der Waals surface area contributed by atoms with Gasteiger partial charge < -0.3 is 29.2 Å². The number of hydrogen-bond acceptors (Lipinski definition) is 7. The number of ether oxygens (including phenoxy) is 2. The number of nitrogens with zero attached hydrogens (tertiary/aromatic N) is 3. The van der Waals surface area contributed by atoms with Gasteiger partial charge in [-0.2, -0.15) is 0 Å². The molecule has 2 N–H and O–H groups in total. The second-order valence-corrected chi connectivity index (χ2v) is 19.6. The fourth-order valence-corrected chi connectivity index (χ4v) is 12.7. The summed E-state index contributed by atoms with van der Waals surface area (Å²) in [7, 11) is -3.28. The summed E-state index contributed by atoms with van der Waals surface area (Å²) in [5.74, 6) is -2.98. The zero-order valence-electron chi connectivity index (χ0n) is 30.3. The largest absolute Gasteiger partial charge is 0.465 e. The molecule has 9 nitrogen and oxygen atoms in total. The fourth-order valence-electron chi connectivity index (χ4n) is 8.16. The molecular formula is C40H45F3N4O5Si. The lowest BCUT2D eigenvalue weighted by Crippen LogP contribution is -2.67. The van der Waals surface area contributed by atoms with Crippen molar-refractivity contribution < 1.29 is 37.0 Å². The van der Waals surface area contributed by atoms with E-state index in [9.17, 15) is 9.90 Å². The topological polar surface area (TPSA) is 96.4 Å². The molecule has 1 saturated heterocycles. The van der Waals surface area contributed by atoms with Gasteiger partial charge in [0.05, 0.1) is 36.8 Å². The monoisotopic (exact) mass is 746 g/mol. The summed E-state index contributed by atoms with van der Waals surface area (Å²) in [4.78, 5) is 18.9. The molecule has 280 valence electrons. The first kappa shape index (κ1) is 36.8. The summed E-state index contributed by atoms with van der Waals surface area (Å²) < 4.78 is 67.8. The highest BCUT2D eigenvalue weighted by molar-refractivity contribution is 6.99. The van der Waals surface area contributed by atoms with E-state index in [0.29, 0.717) is 42.1 Å². The number of carbonyl (C=O) groups is 1. The van der Waals surface area contributed by atoms with E-state index in [1.54, 1.807) is 11.0 Å². The summed E-state index contributed by atoms with van der Waals surface area (Å²) in [5.41, 5.74) is 1.85. The lowest BCUT2D eigenvalue weighted by Gasteiger charge is -2.45. The molecule has 4 heterocycles. The van der Waals surface area contributed by atoms with Gasteiger partial charge in [-0.05, 0) is 58.4 Å². The Morgan fingerprint density at radius 1 is 1.02 bits per heavy atom. The maximum absolute atomic E-state index is 16.7. The molecule has 7 rings (SSSR count). The van der Waals surface area contributed by atoms with Crippen LogP contribution in [0.25, 0.3) is 0 Å². The van der Waals surface area contributed by atoms with Crippen LogP contribution < -0.4 is 25.2 Å². The van der Waals surface area contributed by atoms with E-state index in [-0.39, 0.29) is 25.1 Å². The predicted octanol–water partition coefficient (Wildman–Crippen LogP) is 6.66. The molecule has 1 amide bonds. The molecule has 3 aliphatic heterocycles. The molecule has 3 atom stereocenters. The molecule has 0 aliphatic carbocycles. The highest BCUT2D eigenvalue weighted by Crippen LogP contribution is 2.46. The minimum atomic E-state index is -3.34. The SMILES string of the molecule is C[C@@H]1Cc2cc3c(cc2[C@@H](c2ncc(N[C@H]4CCN(C(=O)O)C4)cc2F)N1CC(F)(F)CO[Si](c1ccccc1)(c1ccccc1)C(C)(C)C)OCO3. The molecule has 4 aromatic rings. The van der Waals surface area contributed by atoms with E-state index >= 15 is 13.2 Å². The number of amides is 1. The molecule has 1 fully saturated rings. The minimum Gasteiger partial charge on any atom is -0.465 e. The van der Waals surface area contributed by atoms with Crippen LogP contribution >= 0.6 is 0 Å². The Morgan fingerprint density at radius 3 is 2.25 bits per heavy atom. The average molecular weight is 747 g/mol. The van der Waals surface area contributed by atoms with Crippen molar-refractivity contribution in [2.75, 3.05) is 38.4 Å². The summed E-state index contributed by atoms with van der Waals surface area (Å²) in [6, 6.07) is 22.6. The Morgan fingerprint density at radius 2 is 1.66 bits per heavy atom. The van der Waals surface area contributed by atoms with Crippen molar-refractivity contribution in [1.29, 1.82) is 0 Å². The van der Waals surface area contributed by atoms with Gasteiger partial charge in [0.25, 0.3) is 14.2 Å². The molecule has 13 heteroatoms. The summed E-state index contributed by atoms with van der Waals surface area (Å²) in [6.45, 7) is 7.12. The highest BCUT2D eigenvalue weighted by Gasteiger charge is 2.52. The van der Waals surface area contributed by atoms with Gasteiger partial charge >= 0.3 is 6.09 Å². The standard InChI is InChI=1S/C40H45F3N4O5Si/c1-26-17-27-18-34-35(51-25-50-34)20-32(27)37(36-33(41)19-29(21-44-36)45-28-15-16-46(22-28)38(48)49)47(26)23-40(42,43)24-52-53(39(2,3)4,30-11-7-5-8-12-30)31-13-9-6-10-14-31/h5-14,18-21,26,28,37,45H,15-17,22-25H2,1-4H3,(H,48,49)/t26-,28+,37+/m1/s1. The lowest BCUT2D eigenvalue weighted by atomic mass is 9.86. The molecule has 0 bridgehead atoms. The number of benzene rings is 3. The number of halogens is 3. The Kier molecular flexibility index (Phi) is 9.94. The molecule has 3 aromatic carbocycles. The first-order chi connectivity index (χ1) is 25.3. The summed E-state index contributed by atoms with van der Waals surface area (Å²) >= 11 is 0. The van der Waals surface area contributed by atoms with Crippen molar-refractivity contribution in [2.24, 2.45) is 0 Å². The average Bonchev–Trinajstić information content (AvgIpc) is 3.78. The molecule has 3 aliphatic rings. The Hall–Kier alpha value is -4.59. The number of hydrogen-bond donors (Lipinski definition) is 2. The lowest BCUT2D eigenvalue weighted by molar-refractivity contribution is -0.0824. The van der Waals surface area contributed by atoms with E-state index in [1.807, 2.05) is 94.4 Å². The minimum absolute atomic E-state index is 0.00417. The molecule has 1 aromatic heterocycles. The van der Waals surface area contributed by atoms with Crippen LogP contribution in [-0.4, -0.2) is 85.3 Å². The molecule has 53 heavy (non-hydrogen) atoms. The maximum atomic E-state index is 16.7. The van der Waals surface area contributed by atoms with Crippen molar-refractivity contribution >= 4 is 30.5 Å². The number of anilines is 1. The fraction of sp³-hybridized carbons (Fsp3) is 0.400. The van der Waals surface area contributed by atoms with Gasteiger partial charge in [-0.15, -0.1) is 0 Å². The van der Waals surface area contributed by atoms with E-state index in [2.05, 4.69) is 10.3 Å². The smallest absolute Gasteiger partial charge is 0.407 e. The van der Waals surface area contributed by atoms with Gasteiger partial charge in [0.2, 0.25) is 6.79 Å². The van der Waals surface area contributed by atoms with Crippen LogP contribution in [0.2, 0.25) is 5.04 Å². The van der Waals surface area contributed by atoms with Crippen molar-refractivity contribution in [3.05, 3.63) is 108 Å². The normalized spacial score (nSPS) is 20.4. The number of pyridine rings is 1. The molecule has 0 unspecified atom stereocenters. The van der Waals surface area contributed by atoms with E-state index < -0.39 is 56.4 Å². The third kappa shape index (κ3) is 7.21. The van der Waals surface area contributed by atoms with E-state index in [0.717, 1.165) is 15.9 Å². The van der Waals surface area contributed by atoms with Crippen LogP contribution in [0.3, 0.4) is 0 Å². The van der Waals surface area contributed by atoms with Crippen LogP contribution in [0, 0.1) is 5.82 Å². The number of fused-ring (bicyclic) bond motifs is 2. The van der Waals surface area contributed by atoms with E-state index in [4.69, 9.17) is 13.9 Å². The van der Waals surface area contributed by atoms with Crippen molar-refractivity contribution in [2.45, 2.75) is 69.6 Å². The van der Waals surface area contributed by atoms with Crippen LogP contribution in [0.4, 0.5) is 23.7 Å². The van der Waals surface area contributed by atoms with Gasteiger partial charge in [-0.1, -0.05) is 81.4 Å². The molecular weight excluding hydrogens is 702 g/mol. The zero-order valence-corrected chi connectivity index (χ0v) is 31.3. The summed E-state index contributed by atoms with van der Waals surface area (Å²) in [5, 5.41) is 13.8. The second kappa shape index (κ2) is 14.3. The Labute approximate surface area is 308 Å².